The number of ketones is 1. The maximum atomic E-state index is 16.3. The number of halogens is 2. The molecule has 0 amide bonds. The van der Waals surface area contributed by atoms with Gasteiger partial charge in [-0.3, -0.25) is 4.79 Å². The van der Waals surface area contributed by atoms with E-state index in [0.717, 1.165) is 12.8 Å². The molecule has 2 aliphatic rings. The fourth-order valence-corrected chi connectivity index (χ4v) is 5.61. The molecule has 2 bridgehead atoms. The molecule has 6 rings (SSSR count). The molecule has 2 saturated heterocycles. The number of ether oxygens (including phenoxy) is 1. The van der Waals surface area contributed by atoms with Crippen molar-refractivity contribution in [1.29, 1.82) is 0 Å². The van der Waals surface area contributed by atoms with Crippen LogP contribution in [0.2, 0.25) is 0 Å². The highest BCUT2D eigenvalue weighted by molar-refractivity contribution is 6.13. The van der Waals surface area contributed by atoms with Crippen LogP contribution in [0.25, 0.3) is 32.8 Å². The van der Waals surface area contributed by atoms with Crippen LogP contribution < -0.4 is 15.0 Å². The number of carbonyl (C=O) groups excluding carboxylic acids is 1. The van der Waals surface area contributed by atoms with Gasteiger partial charge in [-0.1, -0.05) is 18.2 Å². The largest absolute Gasteiger partial charge is 0.508 e. The molecule has 4 aromatic rings. The second-order valence-corrected chi connectivity index (χ2v) is 9.47. The maximum absolute atomic E-state index is 16.3. The van der Waals surface area contributed by atoms with Crippen molar-refractivity contribution in [2.24, 2.45) is 0 Å². The summed E-state index contributed by atoms with van der Waals surface area (Å²) in [5, 5.41) is 15.0. The molecule has 0 saturated carbocycles. The molecule has 2 atom stereocenters. The van der Waals surface area contributed by atoms with Gasteiger partial charge in [-0.2, -0.15) is 9.97 Å². The lowest BCUT2D eigenvalue weighted by Crippen LogP contribution is -2.51. The Hall–Kier alpha value is -3.85. The molecule has 0 spiro atoms. The van der Waals surface area contributed by atoms with Crippen molar-refractivity contribution in [3.63, 3.8) is 0 Å². The Morgan fingerprint density at radius 3 is 2.58 bits per heavy atom. The van der Waals surface area contributed by atoms with Gasteiger partial charge in [-0.15, -0.1) is 0 Å². The zero-order valence-electron chi connectivity index (χ0n) is 19.8. The van der Waals surface area contributed by atoms with Gasteiger partial charge in [0.2, 0.25) is 0 Å². The summed E-state index contributed by atoms with van der Waals surface area (Å²) < 4.78 is 37.4. The van der Waals surface area contributed by atoms with E-state index in [9.17, 15) is 9.90 Å². The number of phenolic OH excluding ortho intramolecular Hbond substituents is 1. The van der Waals surface area contributed by atoms with Crippen LogP contribution in [0.5, 0.6) is 11.8 Å². The Morgan fingerprint density at radius 1 is 1.14 bits per heavy atom. The Labute approximate surface area is 205 Å². The molecule has 0 radical (unpaired) electrons. The van der Waals surface area contributed by atoms with Crippen LogP contribution in [0.1, 0.15) is 30.1 Å². The third kappa shape index (κ3) is 3.53. The van der Waals surface area contributed by atoms with Gasteiger partial charge in [0.1, 0.15) is 22.9 Å². The lowest BCUT2D eigenvalue weighted by molar-refractivity contribution is 0.101. The first-order valence-electron chi connectivity index (χ1n) is 11.9. The number of hydrogen-bond donors (Lipinski definition) is 2. The van der Waals surface area contributed by atoms with Gasteiger partial charge in [-0.05, 0) is 48.9 Å². The van der Waals surface area contributed by atoms with Crippen LogP contribution in [0.4, 0.5) is 14.6 Å². The third-order valence-corrected chi connectivity index (χ3v) is 7.15. The smallest absolute Gasteiger partial charge is 0.318 e. The molecule has 2 fully saturated rings. The summed E-state index contributed by atoms with van der Waals surface area (Å²) in [5.74, 6) is -1.75. The van der Waals surface area contributed by atoms with E-state index >= 15 is 8.78 Å². The number of aromatic hydroxyl groups is 1. The number of rotatable bonds is 4. The SMILES string of the molecule is COc1nc(N2CC3CCC(C2)N3)c2cc(F)c(-c3cc(O)cc4cccc(C(C)=O)c34)c(F)c2n1. The second kappa shape index (κ2) is 8.37. The molecule has 2 aliphatic heterocycles. The molecule has 1 aromatic heterocycles. The first kappa shape index (κ1) is 22.6. The maximum Gasteiger partial charge on any atom is 0.318 e. The topological polar surface area (TPSA) is 87.6 Å². The van der Waals surface area contributed by atoms with Crippen molar-refractivity contribution in [3.05, 3.63) is 53.6 Å². The fraction of sp³-hybridized carbons (Fsp3) is 0.296. The van der Waals surface area contributed by atoms with E-state index in [4.69, 9.17) is 4.74 Å². The van der Waals surface area contributed by atoms with E-state index in [1.54, 1.807) is 18.2 Å². The van der Waals surface area contributed by atoms with Crippen LogP contribution in [-0.4, -0.2) is 53.1 Å². The van der Waals surface area contributed by atoms with Gasteiger partial charge in [-0.25, -0.2) is 8.78 Å². The minimum absolute atomic E-state index is 0.0231. The molecule has 184 valence electrons. The number of methoxy groups -OCH3 is 1. The van der Waals surface area contributed by atoms with Crippen LogP contribution in [0.3, 0.4) is 0 Å². The third-order valence-electron chi connectivity index (χ3n) is 7.15. The van der Waals surface area contributed by atoms with Crippen molar-refractivity contribution in [3.8, 4) is 22.9 Å². The average Bonchev–Trinajstić information content (AvgIpc) is 3.20. The number of nitrogens with one attached hydrogen (secondary N) is 1. The standard InChI is InChI=1S/C27H24F2N4O3/c1-13(34)18-5-3-4-14-8-17(35)9-19(22(14)18)23-21(28)10-20-25(24(23)29)31-27(36-2)32-26(20)33-11-15-6-7-16(12-33)30-15/h3-5,8-10,15-16,30,35H,6-7,11-12H2,1-2H3. The summed E-state index contributed by atoms with van der Waals surface area (Å²) in [6.07, 6.45) is 2.08. The molecule has 3 heterocycles. The highest BCUT2D eigenvalue weighted by Crippen LogP contribution is 2.41. The van der Waals surface area contributed by atoms with Crippen molar-refractivity contribution in [1.82, 2.24) is 15.3 Å². The molecule has 7 nitrogen and oxygen atoms in total. The Bertz CT molecular complexity index is 1550. The van der Waals surface area contributed by atoms with Crippen molar-refractivity contribution in [2.45, 2.75) is 31.8 Å². The van der Waals surface area contributed by atoms with E-state index in [1.165, 1.54) is 32.2 Å². The summed E-state index contributed by atoms with van der Waals surface area (Å²) in [6, 6.07) is 9.48. The minimum Gasteiger partial charge on any atom is -0.508 e. The van der Waals surface area contributed by atoms with Crippen LogP contribution in [0.15, 0.2) is 36.4 Å². The van der Waals surface area contributed by atoms with Crippen molar-refractivity contribution in [2.75, 3.05) is 25.1 Å². The fourth-order valence-electron chi connectivity index (χ4n) is 5.61. The van der Waals surface area contributed by atoms with E-state index in [1.807, 2.05) is 4.90 Å². The predicted octanol–water partition coefficient (Wildman–Crippen LogP) is 4.59. The van der Waals surface area contributed by atoms with E-state index < -0.39 is 11.6 Å². The van der Waals surface area contributed by atoms with E-state index in [2.05, 4.69) is 15.3 Å². The number of benzene rings is 3. The zero-order chi connectivity index (χ0) is 25.1. The summed E-state index contributed by atoms with van der Waals surface area (Å²) >= 11 is 0. The summed E-state index contributed by atoms with van der Waals surface area (Å²) in [4.78, 5) is 23.1. The van der Waals surface area contributed by atoms with Crippen molar-refractivity contribution >= 4 is 33.3 Å². The highest BCUT2D eigenvalue weighted by atomic mass is 19.1. The number of anilines is 1. The molecule has 36 heavy (non-hydrogen) atoms. The first-order chi connectivity index (χ1) is 17.3. The normalized spacial score (nSPS) is 19.3. The Kier molecular flexibility index (Phi) is 5.26. The molecular formula is C27H24F2N4O3. The number of aromatic nitrogens is 2. The molecule has 9 heteroatoms. The molecule has 2 unspecified atom stereocenters. The summed E-state index contributed by atoms with van der Waals surface area (Å²) in [6.45, 7) is 2.72. The quantitative estimate of drug-likeness (QED) is 0.405. The summed E-state index contributed by atoms with van der Waals surface area (Å²) in [7, 11) is 1.40. The number of piperazine rings is 1. The number of Topliss-reactive ketones (excluding diaryl/α,β-unsaturated/α-hetero) is 1. The number of phenols is 1. The van der Waals surface area contributed by atoms with Crippen LogP contribution >= 0.6 is 0 Å². The molecule has 3 aromatic carbocycles. The van der Waals surface area contributed by atoms with Gasteiger partial charge in [0, 0.05) is 41.5 Å². The monoisotopic (exact) mass is 490 g/mol. The van der Waals surface area contributed by atoms with E-state index in [0.29, 0.717) is 35.2 Å². The number of nitrogens with zero attached hydrogens (tertiary/aromatic N) is 3. The number of carbonyl (C=O) groups is 1. The van der Waals surface area contributed by atoms with Gasteiger partial charge < -0.3 is 20.1 Å². The average molecular weight is 491 g/mol. The van der Waals surface area contributed by atoms with Crippen molar-refractivity contribution < 1.29 is 23.4 Å². The van der Waals surface area contributed by atoms with Crippen LogP contribution in [0, 0.1) is 11.6 Å². The molecular weight excluding hydrogens is 466 g/mol. The Balaban J connectivity index is 1.63. The lowest BCUT2D eigenvalue weighted by atomic mass is 9.91. The molecule has 2 N–H and O–H groups in total. The van der Waals surface area contributed by atoms with Gasteiger partial charge >= 0.3 is 6.01 Å². The second-order valence-electron chi connectivity index (χ2n) is 9.47. The molecule has 0 aliphatic carbocycles. The van der Waals surface area contributed by atoms with E-state index in [-0.39, 0.29) is 51.7 Å². The number of fused-ring (bicyclic) bond motifs is 4. The van der Waals surface area contributed by atoms with Gasteiger partial charge in [0.05, 0.1) is 12.7 Å². The highest BCUT2D eigenvalue weighted by Gasteiger charge is 2.34. The minimum atomic E-state index is -0.907. The predicted molar refractivity (Wildman–Crippen MR) is 133 cm³/mol. The first-order valence-corrected chi connectivity index (χ1v) is 11.9. The van der Waals surface area contributed by atoms with Crippen LogP contribution in [-0.2, 0) is 0 Å². The summed E-state index contributed by atoms with van der Waals surface area (Å²) in [5.41, 5.74) is -0.0780. The lowest BCUT2D eigenvalue weighted by Gasteiger charge is -2.34. The van der Waals surface area contributed by atoms with Gasteiger partial charge in [0.25, 0.3) is 0 Å². The Morgan fingerprint density at radius 2 is 1.89 bits per heavy atom. The number of hydrogen-bond acceptors (Lipinski definition) is 7. The zero-order valence-corrected chi connectivity index (χ0v) is 19.8. The van der Waals surface area contributed by atoms with Gasteiger partial charge in [0.15, 0.2) is 11.6 Å².